The minimum absolute atomic E-state index is 0.0280. The van der Waals surface area contributed by atoms with Crippen LogP contribution in [0.15, 0.2) is 12.7 Å². The third kappa shape index (κ3) is 4.90. The number of nitrogens with zero attached hydrogens (tertiary/aromatic N) is 1. The molecule has 7 nitrogen and oxygen atoms in total. The van der Waals surface area contributed by atoms with E-state index in [0.717, 1.165) is 0 Å². The molecule has 1 rings (SSSR count). The summed E-state index contributed by atoms with van der Waals surface area (Å²) < 4.78 is 23.0. The predicted octanol–water partition coefficient (Wildman–Crippen LogP) is -0.154. The highest BCUT2D eigenvalue weighted by molar-refractivity contribution is 7.91. The Hall–Kier alpha value is -1.57. The maximum absolute atomic E-state index is 11.9. The van der Waals surface area contributed by atoms with E-state index in [2.05, 4.69) is 11.9 Å². The lowest BCUT2D eigenvalue weighted by atomic mass is 10.2. The van der Waals surface area contributed by atoms with E-state index in [-0.39, 0.29) is 24.5 Å². The van der Waals surface area contributed by atoms with E-state index in [1.54, 1.807) is 6.08 Å². The van der Waals surface area contributed by atoms with Gasteiger partial charge in [0.05, 0.1) is 24.0 Å². The molecule has 0 aromatic rings. The van der Waals surface area contributed by atoms with Crippen LogP contribution >= 0.6 is 0 Å². The molecule has 0 aliphatic carbocycles. The third-order valence-corrected chi connectivity index (χ3v) is 4.52. The summed E-state index contributed by atoms with van der Waals surface area (Å²) in [4.78, 5) is 23.9. The monoisotopic (exact) mass is 290 g/mol. The first-order chi connectivity index (χ1) is 8.85. The molecule has 108 valence electrons. The second-order valence-corrected chi connectivity index (χ2v) is 6.60. The smallest absolute Gasteiger partial charge is 0.317 e. The molecule has 0 aromatic carbocycles. The van der Waals surface area contributed by atoms with Crippen LogP contribution in [0.1, 0.15) is 12.8 Å². The van der Waals surface area contributed by atoms with Crippen molar-refractivity contribution in [2.45, 2.75) is 18.9 Å². The van der Waals surface area contributed by atoms with Gasteiger partial charge in [-0.05, 0) is 6.42 Å². The highest BCUT2D eigenvalue weighted by atomic mass is 32.2. The molecule has 1 fully saturated rings. The molecule has 1 aliphatic rings. The fourth-order valence-electron chi connectivity index (χ4n) is 1.91. The molecule has 2 amide bonds. The first kappa shape index (κ1) is 15.5. The number of carbonyl (C=O) groups excluding carboxylic acids is 1. The van der Waals surface area contributed by atoms with Crippen molar-refractivity contribution in [3.8, 4) is 0 Å². The van der Waals surface area contributed by atoms with Crippen LogP contribution in [0.2, 0.25) is 0 Å². The lowest BCUT2D eigenvalue weighted by Crippen LogP contribution is -2.55. The number of nitrogens with one attached hydrogen (secondary N) is 1. The zero-order valence-corrected chi connectivity index (χ0v) is 11.4. The van der Waals surface area contributed by atoms with Gasteiger partial charge in [-0.2, -0.15) is 0 Å². The molecule has 1 atom stereocenters. The van der Waals surface area contributed by atoms with Crippen molar-refractivity contribution >= 4 is 21.8 Å². The van der Waals surface area contributed by atoms with Crippen LogP contribution in [-0.4, -0.2) is 61.1 Å². The molecule has 0 radical (unpaired) electrons. The third-order valence-electron chi connectivity index (χ3n) is 2.83. The second kappa shape index (κ2) is 6.55. The summed E-state index contributed by atoms with van der Waals surface area (Å²) in [5, 5.41) is 11.4. The normalized spacial score (nSPS) is 21.7. The zero-order chi connectivity index (χ0) is 14.5. The molecule has 1 heterocycles. The van der Waals surface area contributed by atoms with Gasteiger partial charge in [0.2, 0.25) is 0 Å². The molecule has 0 bridgehead atoms. The Morgan fingerprint density at radius 2 is 2.16 bits per heavy atom. The largest absolute Gasteiger partial charge is 0.481 e. The summed E-state index contributed by atoms with van der Waals surface area (Å²) in [6.45, 7) is 3.94. The Bertz CT molecular complexity index is 460. The van der Waals surface area contributed by atoms with Gasteiger partial charge in [-0.25, -0.2) is 13.2 Å². The topological polar surface area (TPSA) is 104 Å². The summed E-state index contributed by atoms with van der Waals surface area (Å²) in [5.41, 5.74) is 0. The summed E-state index contributed by atoms with van der Waals surface area (Å²) >= 11 is 0. The molecule has 1 unspecified atom stereocenters. The Kier molecular flexibility index (Phi) is 5.34. The average Bonchev–Trinajstić information content (AvgIpc) is 2.27. The van der Waals surface area contributed by atoms with Gasteiger partial charge in [-0.15, -0.1) is 6.58 Å². The number of hydrogen-bond donors (Lipinski definition) is 2. The maximum atomic E-state index is 11.9. The molecule has 0 saturated carbocycles. The fraction of sp³-hybridized carbons (Fsp3) is 0.636. The lowest BCUT2D eigenvalue weighted by Gasteiger charge is -2.34. The molecular formula is C11H18N2O5S. The standard InChI is InChI=1S/C11H18N2O5S/c1-2-3-4-12-11(16)13-5-6-19(17,18)8-9(13)7-10(14)15/h2,9H,1,3-8H2,(H,12,16)(H,14,15). The van der Waals surface area contributed by atoms with Gasteiger partial charge in [0.15, 0.2) is 9.84 Å². The van der Waals surface area contributed by atoms with E-state index >= 15 is 0 Å². The van der Waals surface area contributed by atoms with Gasteiger partial charge in [-0.3, -0.25) is 4.79 Å². The summed E-state index contributed by atoms with van der Waals surface area (Å²) in [5.74, 6) is -1.54. The van der Waals surface area contributed by atoms with E-state index in [9.17, 15) is 18.0 Å². The Morgan fingerprint density at radius 3 is 2.74 bits per heavy atom. The number of hydrogen-bond acceptors (Lipinski definition) is 4. The predicted molar refractivity (Wildman–Crippen MR) is 69.6 cm³/mol. The number of carboxylic acids is 1. The van der Waals surface area contributed by atoms with Gasteiger partial charge in [0.25, 0.3) is 0 Å². The fourth-order valence-corrected chi connectivity index (χ4v) is 3.43. The molecule has 1 saturated heterocycles. The SMILES string of the molecule is C=CCCNC(=O)N1CCS(=O)(=O)CC1CC(=O)O. The first-order valence-electron chi connectivity index (χ1n) is 5.93. The van der Waals surface area contributed by atoms with Crippen LogP contribution in [0, 0.1) is 0 Å². The molecule has 0 spiro atoms. The molecule has 1 aliphatic heterocycles. The van der Waals surface area contributed by atoms with Crippen molar-refractivity contribution < 1.29 is 23.1 Å². The van der Waals surface area contributed by atoms with Crippen LogP contribution in [0.25, 0.3) is 0 Å². The van der Waals surface area contributed by atoms with Crippen molar-refractivity contribution in [2.24, 2.45) is 0 Å². The van der Waals surface area contributed by atoms with E-state index in [0.29, 0.717) is 13.0 Å². The van der Waals surface area contributed by atoms with Crippen molar-refractivity contribution in [1.82, 2.24) is 10.2 Å². The van der Waals surface area contributed by atoms with Crippen LogP contribution < -0.4 is 5.32 Å². The van der Waals surface area contributed by atoms with Crippen LogP contribution in [0.3, 0.4) is 0 Å². The number of carboxylic acid groups (broad SMARTS) is 1. The van der Waals surface area contributed by atoms with E-state index < -0.39 is 27.9 Å². The second-order valence-electron chi connectivity index (χ2n) is 4.37. The minimum Gasteiger partial charge on any atom is -0.481 e. The number of urea groups is 1. The zero-order valence-electron chi connectivity index (χ0n) is 10.5. The summed E-state index contributed by atoms with van der Waals surface area (Å²) in [7, 11) is -3.27. The van der Waals surface area contributed by atoms with Crippen LogP contribution in [0.5, 0.6) is 0 Å². The van der Waals surface area contributed by atoms with Crippen LogP contribution in [0.4, 0.5) is 4.79 Å². The summed E-state index contributed by atoms with van der Waals surface area (Å²) in [6, 6.07) is -1.23. The molecular weight excluding hydrogens is 272 g/mol. The van der Waals surface area contributed by atoms with Crippen molar-refractivity contribution in [2.75, 3.05) is 24.6 Å². The highest BCUT2D eigenvalue weighted by Crippen LogP contribution is 2.15. The average molecular weight is 290 g/mol. The quantitative estimate of drug-likeness (QED) is 0.541. The molecule has 8 heteroatoms. The van der Waals surface area contributed by atoms with Gasteiger partial charge < -0.3 is 15.3 Å². The van der Waals surface area contributed by atoms with E-state index in [1.807, 2.05) is 0 Å². The Morgan fingerprint density at radius 1 is 1.47 bits per heavy atom. The maximum Gasteiger partial charge on any atom is 0.317 e. The molecule has 0 aromatic heterocycles. The van der Waals surface area contributed by atoms with Gasteiger partial charge in [-0.1, -0.05) is 6.08 Å². The number of sulfone groups is 1. The number of aliphatic carboxylic acids is 1. The Balaban J connectivity index is 2.70. The minimum atomic E-state index is -3.27. The van der Waals surface area contributed by atoms with Crippen molar-refractivity contribution in [3.63, 3.8) is 0 Å². The Labute approximate surface area is 112 Å². The van der Waals surface area contributed by atoms with Gasteiger partial charge >= 0.3 is 12.0 Å². The van der Waals surface area contributed by atoms with Crippen LogP contribution in [-0.2, 0) is 14.6 Å². The molecule has 19 heavy (non-hydrogen) atoms. The van der Waals surface area contributed by atoms with Gasteiger partial charge in [0.1, 0.15) is 0 Å². The van der Waals surface area contributed by atoms with E-state index in [4.69, 9.17) is 5.11 Å². The summed E-state index contributed by atoms with van der Waals surface area (Å²) in [6.07, 6.45) is 1.88. The van der Waals surface area contributed by atoms with E-state index in [1.165, 1.54) is 4.90 Å². The first-order valence-corrected chi connectivity index (χ1v) is 7.75. The lowest BCUT2D eigenvalue weighted by molar-refractivity contribution is -0.138. The highest BCUT2D eigenvalue weighted by Gasteiger charge is 2.35. The number of carbonyl (C=O) groups is 2. The van der Waals surface area contributed by atoms with Gasteiger partial charge in [0, 0.05) is 13.1 Å². The number of amides is 2. The molecule has 2 N–H and O–H groups in total. The van der Waals surface area contributed by atoms with Crippen molar-refractivity contribution in [1.29, 1.82) is 0 Å². The van der Waals surface area contributed by atoms with Crippen molar-refractivity contribution in [3.05, 3.63) is 12.7 Å². The number of rotatable bonds is 5.